The van der Waals surface area contributed by atoms with Gasteiger partial charge in [0.25, 0.3) is 5.91 Å². The van der Waals surface area contributed by atoms with Crippen LogP contribution < -0.4 is 10.1 Å². The van der Waals surface area contributed by atoms with Crippen LogP contribution in [0.1, 0.15) is 47.3 Å². The summed E-state index contributed by atoms with van der Waals surface area (Å²) in [5.41, 5.74) is 2.12. The highest BCUT2D eigenvalue weighted by molar-refractivity contribution is 5.96. The minimum absolute atomic E-state index is 0.109. The fraction of sp³-hybridized carbons (Fsp3) is 0.375. The number of aromatic nitrogens is 1. The smallest absolute Gasteiger partial charge is 0.257 e. The van der Waals surface area contributed by atoms with E-state index in [1.54, 1.807) is 13.8 Å². The van der Waals surface area contributed by atoms with Crippen LogP contribution in [0.5, 0.6) is 5.75 Å². The molecule has 0 bridgehead atoms. The summed E-state index contributed by atoms with van der Waals surface area (Å²) in [5, 5.41) is 6.75. The molecule has 0 fully saturated rings. The van der Waals surface area contributed by atoms with E-state index >= 15 is 0 Å². The quantitative estimate of drug-likeness (QED) is 0.917. The van der Waals surface area contributed by atoms with E-state index in [0.29, 0.717) is 23.6 Å². The lowest BCUT2D eigenvalue weighted by atomic mass is 10.1. The average molecular weight is 288 g/mol. The molecule has 1 heterocycles. The molecule has 1 aromatic carbocycles. The number of hydrogen-bond acceptors (Lipinski definition) is 4. The zero-order chi connectivity index (χ0) is 15.4. The maximum absolute atomic E-state index is 12.3. The van der Waals surface area contributed by atoms with E-state index in [1.807, 2.05) is 38.1 Å². The summed E-state index contributed by atoms with van der Waals surface area (Å²) in [6, 6.07) is 7.59. The molecule has 1 unspecified atom stereocenters. The number of amides is 1. The Morgan fingerprint density at radius 2 is 2.00 bits per heavy atom. The Labute approximate surface area is 124 Å². The average Bonchev–Trinajstić information content (AvgIpc) is 2.79. The van der Waals surface area contributed by atoms with E-state index in [9.17, 15) is 4.79 Å². The number of aryl methyl sites for hydroxylation is 2. The first-order valence-corrected chi connectivity index (χ1v) is 6.99. The Balaban J connectivity index is 2.07. The Morgan fingerprint density at radius 3 is 2.52 bits per heavy atom. The first kappa shape index (κ1) is 15.1. The molecule has 0 aliphatic heterocycles. The fourth-order valence-electron chi connectivity index (χ4n) is 2.18. The molecule has 1 atom stereocenters. The van der Waals surface area contributed by atoms with Gasteiger partial charge >= 0.3 is 0 Å². The largest absolute Gasteiger partial charge is 0.494 e. The third-order valence-electron chi connectivity index (χ3n) is 3.30. The van der Waals surface area contributed by atoms with Gasteiger partial charge in [0.2, 0.25) is 0 Å². The van der Waals surface area contributed by atoms with Crippen molar-refractivity contribution in [1.29, 1.82) is 0 Å². The van der Waals surface area contributed by atoms with Crippen LogP contribution in [-0.4, -0.2) is 17.7 Å². The first-order valence-electron chi connectivity index (χ1n) is 6.99. The maximum Gasteiger partial charge on any atom is 0.257 e. The summed E-state index contributed by atoms with van der Waals surface area (Å²) in [7, 11) is 0. The molecule has 0 aliphatic rings. The zero-order valence-electron chi connectivity index (χ0n) is 12.8. The second-order valence-corrected chi connectivity index (χ2v) is 4.90. The summed E-state index contributed by atoms with van der Waals surface area (Å²) in [6.07, 6.45) is 0. The van der Waals surface area contributed by atoms with Crippen LogP contribution in [0.15, 0.2) is 28.8 Å². The number of carbonyl (C=O) groups is 1. The molecule has 2 rings (SSSR count). The maximum atomic E-state index is 12.3. The topological polar surface area (TPSA) is 64.4 Å². The molecule has 5 nitrogen and oxygen atoms in total. The number of nitrogens with zero attached hydrogens (tertiary/aromatic N) is 1. The number of benzene rings is 1. The van der Waals surface area contributed by atoms with Gasteiger partial charge in [0, 0.05) is 0 Å². The van der Waals surface area contributed by atoms with Crippen LogP contribution >= 0.6 is 0 Å². The molecular formula is C16H20N2O3. The number of nitrogens with one attached hydrogen (secondary N) is 1. The van der Waals surface area contributed by atoms with Gasteiger partial charge in [-0.25, -0.2) is 0 Å². The Hall–Kier alpha value is -2.30. The number of hydrogen-bond donors (Lipinski definition) is 1. The fourth-order valence-corrected chi connectivity index (χ4v) is 2.18. The van der Waals surface area contributed by atoms with E-state index in [-0.39, 0.29) is 11.9 Å². The van der Waals surface area contributed by atoms with Crippen molar-refractivity contribution in [1.82, 2.24) is 10.5 Å². The molecule has 112 valence electrons. The monoisotopic (exact) mass is 288 g/mol. The van der Waals surface area contributed by atoms with Crippen molar-refractivity contribution < 1.29 is 14.1 Å². The van der Waals surface area contributed by atoms with Crippen molar-refractivity contribution in [2.45, 2.75) is 33.7 Å². The SMILES string of the molecule is CCOc1ccc(C(C)NC(=O)c2c(C)noc2C)cc1. The van der Waals surface area contributed by atoms with Gasteiger partial charge in [-0.3, -0.25) is 4.79 Å². The van der Waals surface area contributed by atoms with Crippen molar-refractivity contribution >= 4 is 5.91 Å². The van der Waals surface area contributed by atoms with Crippen molar-refractivity contribution in [3.8, 4) is 5.75 Å². The first-order chi connectivity index (χ1) is 10.0. The minimum atomic E-state index is -0.173. The highest BCUT2D eigenvalue weighted by Gasteiger charge is 2.19. The van der Waals surface area contributed by atoms with Crippen LogP contribution in [0.25, 0.3) is 0 Å². The number of carbonyl (C=O) groups excluding carboxylic acids is 1. The van der Waals surface area contributed by atoms with Gasteiger partial charge in [-0.05, 0) is 45.4 Å². The van der Waals surface area contributed by atoms with Gasteiger partial charge in [0.05, 0.1) is 18.3 Å². The molecule has 1 N–H and O–H groups in total. The zero-order valence-corrected chi connectivity index (χ0v) is 12.8. The van der Waals surface area contributed by atoms with Crippen LogP contribution in [0.3, 0.4) is 0 Å². The van der Waals surface area contributed by atoms with E-state index < -0.39 is 0 Å². The van der Waals surface area contributed by atoms with Gasteiger partial charge in [-0.2, -0.15) is 0 Å². The highest BCUT2D eigenvalue weighted by atomic mass is 16.5. The van der Waals surface area contributed by atoms with Crippen molar-refractivity contribution in [3.63, 3.8) is 0 Å². The third kappa shape index (κ3) is 3.42. The van der Waals surface area contributed by atoms with Gasteiger partial charge in [-0.15, -0.1) is 0 Å². The van der Waals surface area contributed by atoms with Crippen LogP contribution in [0, 0.1) is 13.8 Å². The standard InChI is InChI=1S/C16H20N2O3/c1-5-20-14-8-6-13(7-9-14)10(2)17-16(19)15-11(3)18-21-12(15)4/h6-10H,5H2,1-4H3,(H,17,19). The Bertz CT molecular complexity index is 597. The summed E-state index contributed by atoms with van der Waals surface area (Å²) in [4.78, 5) is 12.3. The second kappa shape index (κ2) is 6.43. The molecule has 1 aromatic heterocycles. The summed E-state index contributed by atoms with van der Waals surface area (Å²) < 4.78 is 10.4. The van der Waals surface area contributed by atoms with E-state index in [2.05, 4.69) is 10.5 Å². The lowest BCUT2D eigenvalue weighted by molar-refractivity contribution is 0.0938. The minimum Gasteiger partial charge on any atom is -0.494 e. The van der Waals surface area contributed by atoms with Crippen LogP contribution in [0.2, 0.25) is 0 Å². The van der Waals surface area contributed by atoms with Crippen molar-refractivity contribution in [2.75, 3.05) is 6.61 Å². The van der Waals surface area contributed by atoms with Gasteiger partial charge in [-0.1, -0.05) is 17.3 Å². The molecule has 0 aliphatic carbocycles. The summed E-state index contributed by atoms with van der Waals surface area (Å²) in [6.45, 7) is 8.01. The van der Waals surface area contributed by atoms with Crippen LogP contribution in [-0.2, 0) is 0 Å². The second-order valence-electron chi connectivity index (χ2n) is 4.90. The van der Waals surface area contributed by atoms with Gasteiger partial charge in [0.15, 0.2) is 0 Å². The molecule has 0 saturated heterocycles. The normalized spacial score (nSPS) is 12.0. The number of rotatable bonds is 5. The summed E-state index contributed by atoms with van der Waals surface area (Å²) in [5.74, 6) is 1.18. The molecule has 0 spiro atoms. The van der Waals surface area contributed by atoms with E-state index in [4.69, 9.17) is 9.26 Å². The lowest BCUT2D eigenvalue weighted by Crippen LogP contribution is -2.27. The molecule has 1 amide bonds. The Kier molecular flexibility index (Phi) is 4.62. The predicted molar refractivity (Wildman–Crippen MR) is 79.5 cm³/mol. The molecular weight excluding hydrogens is 268 g/mol. The molecule has 0 saturated carbocycles. The summed E-state index contributed by atoms with van der Waals surface area (Å²) >= 11 is 0. The molecule has 5 heteroatoms. The molecule has 2 aromatic rings. The van der Waals surface area contributed by atoms with Crippen molar-refractivity contribution in [2.24, 2.45) is 0 Å². The van der Waals surface area contributed by atoms with E-state index in [0.717, 1.165) is 11.3 Å². The third-order valence-corrected chi connectivity index (χ3v) is 3.30. The van der Waals surface area contributed by atoms with Gasteiger partial charge < -0.3 is 14.6 Å². The van der Waals surface area contributed by atoms with Crippen LogP contribution in [0.4, 0.5) is 0 Å². The lowest BCUT2D eigenvalue weighted by Gasteiger charge is -2.14. The Morgan fingerprint density at radius 1 is 1.33 bits per heavy atom. The highest BCUT2D eigenvalue weighted by Crippen LogP contribution is 2.19. The van der Waals surface area contributed by atoms with Crippen molar-refractivity contribution in [3.05, 3.63) is 46.8 Å². The number of ether oxygens (including phenoxy) is 1. The predicted octanol–water partition coefficient (Wildman–Crippen LogP) is 3.18. The molecule has 0 radical (unpaired) electrons. The molecule has 21 heavy (non-hydrogen) atoms. The van der Waals surface area contributed by atoms with E-state index in [1.165, 1.54) is 0 Å². The van der Waals surface area contributed by atoms with Gasteiger partial charge in [0.1, 0.15) is 17.1 Å².